The van der Waals surface area contributed by atoms with Crippen LogP contribution in [0.3, 0.4) is 0 Å². The largest absolute Gasteiger partial charge is 0.508 e. The highest BCUT2D eigenvalue weighted by molar-refractivity contribution is 9.10. The maximum Gasteiger partial charge on any atom is 0.121 e. The first-order chi connectivity index (χ1) is 5.77. The monoisotopic (exact) mass is 227 g/mol. The molecule has 0 radical (unpaired) electrons. The molecule has 1 fully saturated rings. The molecule has 12 heavy (non-hydrogen) atoms. The van der Waals surface area contributed by atoms with E-state index in [9.17, 15) is 5.11 Å². The fourth-order valence-electron chi connectivity index (χ4n) is 1.37. The van der Waals surface area contributed by atoms with Crippen LogP contribution in [0.25, 0.3) is 0 Å². The van der Waals surface area contributed by atoms with Crippen LogP contribution in [0.2, 0.25) is 0 Å². The fraction of sp³-hybridized carbons (Fsp3) is 0.333. The molecule has 1 aromatic carbocycles. The van der Waals surface area contributed by atoms with E-state index in [0.29, 0.717) is 11.8 Å². The molecular weight excluding hydrogens is 218 g/mol. The number of benzene rings is 1. The van der Waals surface area contributed by atoms with Crippen molar-refractivity contribution in [3.63, 3.8) is 0 Å². The first kappa shape index (κ1) is 8.08. The van der Waals surface area contributed by atoms with Crippen LogP contribution in [0.15, 0.2) is 22.7 Å². The lowest BCUT2D eigenvalue weighted by molar-refractivity contribution is 0.364. The minimum absolute atomic E-state index is 0.359. The molecule has 1 aliphatic rings. The highest BCUT2D eigenvalue weighted by atomic mass is 79.9. The summed E-state index contributed by atoms with van der Waals surface area (Å²) in [7, 11) is 0. The Balaban J connectivity index is 2.31. The highest BCUT2D eigenvalue weighted by Gasteiger charge is 2.20. The van der Waals surface area contributed by atoms with E-state index >= 15 is 0 Å². The van der Waals surface area contributed by atoms with E-state index in [0.717, 1.165) is 23.0 Å². The lowest BCUT2D eigenvalue weighted by Crippen LogP contribution is -2.34. The lowest BCUT2D eigenvalue weighted by atomic mass is 9.97. The fourth-order valence-corrected chi connectivity index (χ4v) is 1.71. The van der Waals surface area contributed by atoms with Crippen LogP contribution < -0.4 is 5.32 Å². The van der Waals surface area contributed by atoms with Crippen LogP contribution in [0, 0.1) is 0 Å². The number of halogens is 1. The molecule has 2 N–H and O–H groups in total. The van der Waals surface area contributed by atoms with E-state index in [1.807, 2.05) is 12.1 Å². The zero-order chi connectivity index (χ0) is 8.55. The summed E-state index contributed by atoms with van der Waals surface area (Å²) in [5.74, 6) is 0.376. The lowest BCUT2D eigenvalue weighted by Gasteiger charge is -2.28. The van der Waals surface area contributed by atoms with Gasteiger partial charge in [0.1, 0.15) is 5.75 Å². The van der Waals surface area contributed by atoms with Crippen molar-refractivity contribution >= 4 is 15.9 Å². The van der Waals surface area contributed by atoms with Crippen LogP contribution in [-0.2, 0) is 0 Å². The first-order valence-corrected chi connectivity index (χ1v) is 4.78. The molecule has 1 saturated heterocycles. The Kier molecular flexibility index (Phi) is 2.07. The number of phenolic OH excluding ortho intramolecular Hbond substituents is 1. The van der Waals surface area contributed by atoms with Gasteiger partial charge in [-0.25, -0.2) is 0 Å². The molecule has 1 heterocycles. The van der Waals surface area contributed by atoms with Gasteiger partial charge in [-0.05, 0) is 25.1 Å². The SMILES string of the molecule is Oc1cc(Br)ccc1[C@@H]1CCN1. The number of hydrogen-bond acceptors (Lipinski definition) is 2. The molecule has 0 aliphatic carbocycles. The quantitative estimate of drug-likeness (QED) is 0.772. The molecule has 1 atom stereocenters. The van der Waals surface area contributed by atoms with Crippen molar-refractivity contribution in [3.05, 3.63) is 28.2 Å². The first-order valence-electron chi connectivity index (χ1n) is 3.99. The standard InChI is InChI=1S/C9H10BrNO/c10-6-1-2-7(9(12)5-6)8-3-4-11-8/h1-2,5,8,11-12H,3-4H2/t8-/m0/s1. The normalized spacial score (nSPS) is 21.9. The third kappa shape index (κ3) is 1.34. The molecule has 2 rings (SSSR count). The molecule has 0 bridgehead atoms. The summed E-state index contributed by atoms with van der Waals surface area (Å²) in [5.41, 5.74) is 1.00. The van der Waals surface area contributed by atoms with Crippen LogP contribution in [0.5, 0.6) is 5.75 Å². The Labute approximate surface area is 79.7 Å². The van der Waals surface area contributed by atoms with E-state index in [4.69, 9.17) is 0 Å². The van der Waals surface area contributed by atoms with E-state index < -0.39 is 0 Å². The average molecular weight is 228 g/mol. The van der Waals surface area contributed by atoms with Crippen molar-refractivity contribution in [3.8, 4) is 5.75 Å². The second-order valence-electron chi connectivity index (χ2n) is 3.00. The molecule has 0 spiro atoms. The number of hydrogen-bond donors (Lipinski definition) is 2. The molecule has 0 saturated carbocycles. The Hall–Kier alpha value is -0.540. The predicted molar refractivity (Wildman–Crippen MR) is 51.2 cm³/mol. The van der Waals surface area contributed by atoms with E-state index in [2.05, 4.69) is 21.2 Å². The Morgan fingerprint density at radius 1 is 1.50 bits per heavy atom. The molecular formula is C9H10BrNO. The van der Waals surface area contributed by atoms with Gasteiger partial charge in [-0.15, -0.1) is 0 Å². The minimum Gasteiger partial charge on any atom is -0.508 e. The van der Waals surface area contributed by atoms with Crippen molar-refractivity contribution in [1.82, 2.24) is 5.32 Å². The van der Waals surface area contributed by atoms with Gasteiger partial charge in [0.05, 0.1) is 0 Å². The van der Waals surface area contributed by atoms with Gasteiger partial charge in [0.15, 0.2) is 0 Å². The number of rotatable bonds is 1. The van der Waals surface area contributed by atoms with E-state index in [1.165, 1.54) is 0 Å². The Morgan fingerprint density at radius 2 is 2.25 bits per heavy atom. The smallest absolute Gasteiger partial charge is 0.121 e. The van der Waals surface area contributed by atoms with Crippen molar-refractivity contribution in [1.29, 1.82) is 0 Å². The van der Waals surface area contributed by atoms with Crippen molar-refractivity contribution in [2.24, 2.45) is 0 Å². The van der Waals surface area contributed by atoms with Crippen LogP contribution in [-0.4, -0.2) is 11.7 Å². The summed E-state index contributed by atoms with van der Waals surface area (Å²) >= 11 is 3.30. The number of nitrogens with one attached hydrogen (secondary N) is 1. The van der Waals surface area contributed by atoms with Crippen molar-refractivity contribution in [2.45, 2.75) is 12.5 Å². The summed E-state index contributed by atoms with van der Waals surface area (Å²) in [5, 5.41) is 12.8. The highest BCUT2D eigenvalue weighted by Crippen LogP contribution is 2.31. The van der Waals surface area contributed by atoms with E-state index in [1.54, 1.807) is 6.07 Å². The number of aromatic hydroxyl groups is 1. The van der Waals surface area contributed by atoms with Gasteiger partial charge in [0, 0.05) is 16.1 Å². The Morgan fingerprint density at radius 3 is 2.75 bits per heavy atom. The van der Waals surface area contributed by atoms with Crippen LogP contribution >= 0.6 is 15.9 Å². The molecule has 1 aliphatic heterocycles. The summed E-state index contributed by atoms with van der Waals surface area (Å²) < 4.78 is 0.920. The van der Waals surface area contributed by atoms with Gasteiger partial charge in [0.25, 0.3) is 0 Å². The molecule has 1 aromatic rings. The molecule has 0 unspecified atom stereocenters. The molecule has 0 aromatic heterocycles. The van der Waals surface area contributed by atoms with E-state index in [-0.39, 0.29) is 0 Å². The second kappa shape index (κ2) is 3.07. The summed E-state index contributed by atoms with van der Waals surface area (Å²) in [6, 6.07) is 6.00. The maximum absolute atomic E-state index is 9.56. The topological polar surface area (TPSA) is 32.3 Å². The van der Waals surface area contributed by atoms with Crippen LogP contribution in [0.1, 0.15) is 18.0 Å². The van der Waals surface area contributed by atoms with Crippen molar-refractivity contribution in [2.75, 3.05) is 6.54 Å². The zero-order valence-corrected chi connectivity index (χ0v) is 8.13. The number of phenols is 1. The summed E-state index contributed by atoms with van der Waals surface area (Å²) in [4.78, 5) is 0. The van der Waals surface area contributed by atoms with Gasteiger partial charge < -0.3 is 10.4 Å². The predicted octanol–water partition coefficient (Wildman–Crippen LogP) is 2.19. The van der Waals surface area contributed by atoms with Gasteiger partial charge >= 0.3 is 0 Å². The average Bonchev–Trinajstić information content (AvgIpc) is 1.91. The van der Waals surface area contributed by atoms with Crippen molar-refractivity contribution < 1.29 is 5.11 Å². The van der Waals surface area contributed by atoms with Gasteiger partial charge in [-0.3, -0.25) is 0 Å². The third-order valence-corrected chi connectivity index (χ3v) is 2.68. The zero-order valence-electron chi connectivity index (χ0n) is 6.55. The molecule has 64 valence electrons. The Bertz CT molecular complexity index is 297. The van der Waals surface area contributed by atoms with Crippen LogP contribution in [0.4, 0.5) is 0 Å². The summed E-state index contributed by atoms with van der Waals surface area (Å²) in [6.45, 7) is 1.06. The minimum atomic E-state index is 0.359. The third-order valence-electron chi connectivity index (χ3n) is 2.19. The van der Waals surface area contributed by atoms with Gasteiger partial charge in [-0.2, -0.15) is 0 Å². The summed E-state index contributed by atoms with van der Waals surface area (Å²) in [6.07, 6.45) is 1.12. The molecule has 2 nitrogen and oxygen atoms in total. The van der Waals surface area contributed by atoms with Gasteiger partial charge in [0.2, 0.25) is 0 Å². The maximum atomic E-state index is 9.56. The van der Waals surface area contributed by atoms with Gasteiger partial charge in [-0.1, -0.05) is 22.0 Å². The molecule has 0 amide bonds. The molecule has 3 heteroatoms. The second-order valence-corrected chi connectivity index (χ2v) is 3.91.